The van der Waals surface area contributed by atoms with Crippen molar-refractivity contribution in [1.29, 1.82) is 0 Å². The molecule has 12 heteroatoms. The zero-order chi connectivity index (χ0) is 23.5. The smallest absolute Gasteiger partial charge is 0.422 e. The number of fused-ring (bicyclic) bond motifs is 3. The van der Waals surface area contributed by atoms with Crippen LogP contribution < -0.4 is 0 Å². The quantitative estimate of drug-likeness (QED) is 0.321. The van der Waals surface area contributed by atoms with Gasteiger partial charge in [-0.2, -0.15) is 22.0 Å². The van der Waals surface area contributed by atoms with Gasteiger partial charge in [0.2, 0.25) is 6.39 Å². The fraction of sp³-hybridized carbons (Fsp3) is 0.143. The number of imidazole rings is 1. The molecule has 6 nitrogen and oxygen atoms in total. The summed E-state index contributed by atoms with van der Waals surface area (Å²) in [6.07, 6.45) is -3.47. The molecule has 0 unspecified atom stereocenters. The highest BCUT2D eigenvalue weighted by Gasteiger charge is 2.60. The minimum Gasteiger partial charge on any atom is -0.422 e. The molecule has 0 aliphatic heterocycles. The number of halogens is 6. The summed E-state index contributed by atoms with van der Waals surface area (Å²) in [5, 5.41) is 7.51. The summed E-state index contributed by atoms with van der Waals surface area (Å²) >= 11 is 0. The molecule has 0 N–H and O–H groups in total. The highest BCUT2D eigenvalue weighted by atomic mass is 19.4. The van der Waals surface area contributed by atoms with Crippen molar-refractivity contribution >= 4 is 16.7 Å². The maximum Gasteiger partial charge on any atom is 0.459 e. The minimum absolute atomic E-state index is 0.0250. The van der Waals surface area contributed by atoms with E-state index in [1.54, 1.807) is 0 Å². The summed E-state index contributed by atoms with van der Waals surface area (Å²) in [7, 11) is 0. The van der Waals surface area contributed by atoms with E-state index in [-0.39, 0.29) is 45.0 Å². The van der Waals surface area contributed by atoms with Gasteiger partial charge in [0, 0.05) is 11.6 Å². The number of aromatic nitrogens is 5. The Hall–Kier alpha value is -3.96. The van der Waals surface area contributed by atoms with Crippen molar-refractivity contribution in [3.05, 3.63) is 66.1 Å². The van der Waals surface area contributed by atoms with Crippen molar-refractivity contribution < 1.29 is 30.8 Å². The lowest BCUT2D eigenvalue weighted by atomic mass is 9.98. The molecule has 0 saturated heterocycles. The number of benzene rings is 1. The number of pyridine rings is 2. The van der Waals surface area contributed by atoms with Gasteiger partial charge < -0.3 is 4.42 Å². The van der Waals surface area contributed by atoms with Crippen LogP contribution in [-0.4, -0.2) is 30.7 Å². The summed E-state index contributed by atoms with van der Waals surface area (Å²) in [5.41, 5.74) is -0.854. The standard InChI is InChI=1S/C21H11F6N5O/c1-10-6-11(2-4-14(10)22)13-7-16(20(23,24)21(25,26)27)30-18-12(13)3-5-17-29-15(8-32(17)18)19-31-28-9-33-19/h2-9H,1H3. The van der Waals surface area contributed by atoms with Crippen molar-refractivity contribution in [1.82, 2.24) is 24.6 Å². The van der Waals surface area contributed by atoms with Gasteiger partial charge >= 0.3 is 12.1 Å². The van der Waals surface area contributed by atoms with E-state index >= 15 is 0 Å². The first-order valence-electron chi connectivity index (χ1n) is 9.37. The Morgan fingerprint density at radius 2 is 1.76 bits per heavy atom. The molecule has 0 amide bonds. The van der Waals surface area contributed by atoms with Crippen LogP contribution in [0, 0.1) is 12.7 Å². The topological polar surface area (TPSA) is 69.1 Å². The Kier molecular flexibility index (Phi) is 4.45. The molecule has 0 saturated carbocycles. The molecule has 0 fully saturated rings. The molecule has 0 radical (unpaired) electrons. The number of hydrogen-bond acceptors (Lipinski definition) is 5. The van der Waals surface area contributed by atoms with E-state index in [1.165, 1.54) is 41.8 Å². The fourth-order valence-electron chi connectivity index (χ4n) is 3.47. The molecule has 33 heavy (non-hydrogen) atoms. The lowest BCUT2D eigenvalue weighted by molar-refractivity contribution is -0.290. The van der Waals surface area contributed by atoms with Crippen LogP contribution in [0.25, 0.3) is 39.4 Å². The van der Waals surface area contributed by atoms with Crippen molar-refractivity contribution in [3.8, 4) is 22.7 Å². The molecule has 5 rings (SSSR count). The largest absolute Gasteiger partial charge is 0.459 e. The van der Waals surface area contributed by atoms with Gasteiger partial charge in [-0.3, -0.25) is 4.40 Å². The third-order valence-corrected chi connectivity index (χ3v) is 5.12. The molecule has 4 heterocycles. The van der Waals surface area contributed by atoms with Crippen LogP contribution >= 0.6 is 0 Å². The molecule has 168 valence electrons. The summed E-state index contributed by atoms with van der Waals surface area (Å²) < 4.78 is 88.4. The highest BCUT2D eigenvalue weighted by Crippen LogP contribution is 2.45. The molecule has 5 aromatic rings. The minimum atomic E-state index is -5.87. The van der Waals surface area contributed by atoms with Crippen LogP contribution in [-0.2, 0) is 5.92 Å². The van der Waals surface area contributed by atoms with Crippen molar-refractivity contribution in [3.63, 3.8) is 0 Å². The molecule has 4 aromatic heterocycles. The van der Waals surface area contributed by atoms with E-state index in [9.17, 15) is 26.3 Å². The van der Waals surface area contributed by atoms with E-state index in [2.05, 4.69) is 20.2 Å². The van der Waals surface area contributed by atoms with Crippen LogP contribution in [0.15, 0.2) is 53.4 Å². The Morgan fingerprint density at radius 1 is 0.970 bits per heavy atom. The first kappa shape index (κ1) is 20.9. The second-order valence-electron chi connectivity index (χ2n) is 7.26. The van der Waals surface area contributed by atoms with Crippen molar-refractivity contribution in [2.24, 2.45) is 0 Å². The first-order valence-corrected chi connectivity index (χ1v) is 9.37. The second kappa shape index (κ2) is 7.02. The van der Waals surface area contributed by atoms with Gasteiger partial charge in [0.15, 0.2) is 0 Å². The van der Waals surface area contributed by atoms with Gasteiger partial charge in [0.05, 0.1) is 0 Å². The van der Waals surface area contributed by atoms with Crippen molar-refractivity contribution in [2.45, 2.75) is 19.0 Å². The monoisotopic (exact) mass is 463 g/mol. The molecular weight excluding hydrogens is 452 g/mol. The Labute approximate surface area is 180 Å². The average molecular weight is 463 g/mol. The Balaban J connectivity index is 1.86. The van der Waals surface area contributed by atoms with Crippen LogP contribution in [0.4, 0.5) is 26.3 Å². The van der Waals surface area contributed by atoms with Gasteiger partial charge in [-0.1, -0.05) is 6.07 Å². The summed E-state index contributed by atoms with van der Waals surface area (Å²) in [6, 6.07) is 7.47. The Morgan fingerprint density at radius 3 is 2.42 bits per heavy atom. The van der Waals surface area contributed by atoms with Gasteiger partial charge in [0.25, 0.3) is 5.89 Å². The van der Waals surface area contributed by atoms with Crippen LogP contribution in [0.2, 0.25) is 0 Å². The number of nitrogens with zero attached hydrogens (tertiary/aromatic N) is 5. The Bertz CT molecular complexity index is 1510. The van der Waals surface area contributed by atoms with E-state index < -0.39 is 23.6 Å². The summed E-state index contributed by atoms with van der Waals surface area (Å²) in [6.45, 7) is 1.46. The van der Waals surface area contributed by atoms with E-state index in [0.29, 0.717) is 6.07 Å². The second-order valence-corrected chi connectivity index (χ2v) is 7.26. The highest BCUT2D eigenvalue weighted by molar-refractivity contribution is 5.94. The number of rotatable bonds is 3. The first-order chi connectivity index (χ1) is 15.6. The molecule has 0 bridgehead atoms. The summed E-state index contributed by atoms with van der Waals surface area (Å²) in [5.74, 6) is -5.75. The van der Waals surface area contributed by atoms with Gasteiger partial charge in [0.1, 0.15) is 28.5 Å². The lowest BCUT2D eigenvalue weighted by Gasteiger charge is -2.21. The predicted octanol–water partition coefficient (Wildman–Crippen LogP) is 5.70. The SMILES string of the molecule is Cc1cc(-c2cc(C(F)(F)C(F)(F)F)nc3c2ccc2nc(-c4nnco4)cn23)ccc1F. The zero-order valence-electron chi connectivity index (χ0n) is 16.5. The third-order valence-electron chi connectivity index (χ3n) is 5.12. The maximum atomic E-state index is 14.4. The molecular formula is C21H11F6N5O. The normalized spacial score (nSPS) is 12.7. The molecule has 0 aliphatic carbocycles. The van der Waals surface area contributed by atoms with Crippen LogP contribution in [0.3, 0.4) is 0 Å². The van der Waals surface area contributed by atoms with Crippen LogP contribution in [0.5, 0.6) is 0 Å². The van der Waals surface area contributed by atoms with Gasteiger partial charge in [-0.05, 0) is 53.9 Å². The van der Waals surface area contributed by atoms with Crippen LogP contribution in [0.1, 0.15) is 11.3 Å². The molecule has 1 aromatic carbocycles. The summed E-state index contributed by atoms with van der Waals surface area (Å²) in [4.78, 5) is 7.92. The van der Waals surface area contributed by atoms with E-state index in [0.717, 1.165) is 12.5 Å². The third kappa shape index (κ3) is 3.29. The number of alkyl halides is 5. The van der Waals surface area contributed by atoms with Gasteiger partial charge in [-0.25, -0.2) is 14.4 Å². The van der Waals surface area contributed by atoms with Crippen molar-refractivity contribution in [2.75, 3.05) is 0 Å². The van der Waals surface area contributed by atoms with E-state index in [1.807, 2.05) is 0 Å². The van der Waals surface area contributed by atoms with Gasteiger partial charge in [-0.15, -0.1) is 10.2 Å². The number of aryl methyl sites for hydroxylation is 1. The maximum absolute atomic E-state index is 14.4. The fourth-order valence-corrected chi connectivity index (χ4v) is 3.47. The molecule has 0 atom stereocenters. The lowest BCUT2D eigenvalue weighted by Crippen LogP contribution is -2.34. The molecule has 0 spiro atoms. The number of hydrogen-bond donors (Lipinski definition) is 0. The predicted molar refractivity (Wildman–Crippen MR) is 104 cm³/mol. The average Bonchev–Trinajstić information content (AvgIpc) is 3.43. The van der Waals surface area contributed by atoms with E-state index in [4.69, 9.17) is 4.42 Å². The zero-order valence-corrected chi connectivity index (χ0v) is 16.5. The molecule has 0 aliphatic rings.